The second kappa shape index (κ2) is 4.48. The van der Waals surface area contributed by atoms with Gasteiger partial charge in [-0.25, -0.2) is 21.6 Å². The Kier molecular flexibility index (Phi) is 3.44. The second-order valence-corrected chi connectivity index (χ2v) is 8.71. The average Bonchev–Trinajstić information content (AvgIpc) is 2.53. The molecule has 18 heavy (non-hydrogen) atoms. The van der Waals surface area contributed by atoms with Crippen LogP contribution in [0.1, 0.15) is 11.1 Å². The van der Waals surface area contributed by atoms with E-state index in [0.29, 0.717) is 12.8 Å². The minimum Gasteiger partial charge on any atom is -0.213 e. The van der Waals surface area contributed by atoms with Gasteiger partial charge in [-0.15, -0.1) is 0 Å². The molecule has 0 heterocycles. The van der Waals surface area contributed by atoms with Gasteiger partial charge in [-0.3, -0.25) is 0 Å². The summed E-state index contributed by atoms with van der Waals surface area (Å²) in [6.07, 6.45) is 2.14. The van der Waals surface area contributed by atoms with Gasteiger partial charge in [0.25, 0.3) is 9.05 Å². The summed E-state index contributed by atoms with van der Waals surface area (Å²) in [6, 6.07) is 4.39. The Morgan fingerprint density at radius 2 is 1.78 bits per heavy atom. The van der Waals surface area contributed by atoms with E-state index >= 15 is 0 Å². The van der Waals surface area contributed by atoms with E-state index in [0.717, 1.165) is 17.4 Å². The summed E-state index contributed by atoms with van der Waals surface area (Å²) in [4.78, 5) is 0.0444. The largest absolute Gasteiger partial charge is 0.261 e. The molecular weight excluding hydrogens is 298 g/mol. The van der Waals surface area contributed by atoms with Gasteiger partial charge in [-0.2, -0.15) is 0 Å². The summed E-state index contributed by atoms with van der Waals surface area (Å²) in [6.45, 7) is 0. The van der Waals surface area contributed by atoms with E-state index in [2.05, 4.69) is 4.72 Å². The average molecular weight is 310 g/mol. The maximum absolute atomic E-state index is 11.2. The third-order valence-corrected chi connectivity index (χ3v) is 4.89. The molecule has 8 heteroatoms. The van der Waals surface area contributed by atoms with Gasteiger partial charge in [0.15, 0.2) is 0 Å². The predicted molar refractivity (Wildman–Crippen MR) is 68.7 cm³/mol. The molecular formula is C10H12ClNO4S2. The lowest BCUT2D eigenvalue weighted by Crippen LogP contribution is -2.34. The monoisotopic (exact) mass is 309 g/mol. The van der Waals surface area contributed by atoms with Gasteiger partial charge < -0.3 is 0 Å². The Morgan fingerprint density at radius 1 is 1.17 bits per heavy atom. The van der Waals surface area contributed by atoms with Gasteiger partial charge >= 0.3 is 0 Å². The van der Waals surface area contributed by atoms with Crippen molar-refractivity contribution >= 4 is 29.8 Å². The van der Waals surface area contributed by atoms with Crippen LogP contribution < -0.4 is 4.72 Å². The Labute approximate surface area is 111 Å². The summed E-state index contributed by atoms with van der Waals surface area (Å²) in [7, 11) is -1.74. The van der Waals surface area contributed by atoms with Crippen LogP contribution in [0, 0.1) is 0 Å². The molecule has 1 atom stereocenters. The molecule has 0 radical (unpaired) electrons. The van der Waals surface area contributed by atoms with Crippen LogP contribution in [0.3, 0.4) is 0 Å². The van der Waals surface area contributed by atoms with Gasteiger partial charge in [-0.1, -0.05) is 6.07 Å². The van der Waals surface area contributed by atoms with Crippen molar-refractivity contribution in [2.45, 2.75) is 23.8 Å². The summed E-state index contributed by atoms with van der Waals surface area (Å²) < 4.78 is 47.2. The zero-order valence-corrected chi connectivity index (χ0v) is 11.9. The lowest BCUT2D eigenvalue weighted by atomic mass is 10.1. The lowest BCUT2D eigenvalue weighted by Gasteiger charge is -2.08. The minimum atomic E-state index is -3.74. The molecule has 1 aliphatic carbocycles. The summed E-state index contributed by atoms with van der Waals surface area (Å²) >= 11 is 0. The van der Waals surface area contributed by atoms with Crippen molar-refractivity contribution in [1.82, 2.24) is 4.72 Å². The maximum atomic E-state index is 11.2. The van der Waals surface area contributed by atoms with Gasteiger partial charge in [0.05, 0.1) is 11.2 Å². The molecule has 0 saturated heterocycles. The molecule has 0 fully saturated rings. The fourth-order valence-corrected chi connectivity index (χ4v) is 3.71. The first-order chi connectivity index (χ1) is 8.15. The Morgan fingerprint density at radius 3 is 2.33 bits per heavy atom. The predicted octanol–water partition coefficient (Wildman–Crippen LogP) is 0.630. The molecule has 1 aliphatic rings. The number of halogens is 1. The highest BCUT2D eigenvalue weighted by molar-refractivity contribution is 8.13. The number of hydrogen-bond acceptors (Lipinski definition) is 4. The smallest absolute Gasteiger partial charge is 0.213 e. The molecule has 1 aromatic rings. The highest BCUT2D eigenvalue weighted by atomic mass is 35.7. The van der Waals surface area contributed by atoms with Crippen LogP contribution in [0.15, 0.2) is 23.1 Å². The molecule has 0 aromatic heterocycles. The molecule has 0 bridgehead atoms. The summed E-state index contributed by atoms with van der Waals surface area (Å²) in [5, 5.41) is 0. The van der Waals surface area contributed by atoms with Crippen LogP contribution >= 0.6 is 10.7 Å². The van der Waals surface area contributed by atoms with Crippen LogP contribution in [-0.4, -0.2) is 29.1 Å². The Balaban J connectivity index is 2.26. The van der Waals surface area contributed by atoms with Crippen LogP contribution in [0.4, 0.5) is 0 Å². The highest BCUT2D eigenvalue weighted by Gasteiger charge is 2.25. The number of rotatable bonds is 3. The van der Waals surface area contributed by atoms with Crippen molar-refractivity contribution in [1.29, 1.82) is 0 Å². The van der Waals surface area contributed by atoms with Crippen molar-refractivity contribution in [3.8, 4) is 0 Å². The Hall–Kier alpha value is -0.630. The van der Waals surface area contributed by atoms with E-state index in [-0.39, 0.29) is 10.9 Å². The van der Waals surface area contributed by atoms with E-state index in [1.807, 2.05) is 0 Å². The molecule has 100 valence electrons. The molecule has 1 N–H and O–H groups in total. The number of nitrogens with one attached hydrogen (secondary N) is 1. The maximum Gasteiger partial charge on any atom is 0.261 e. The molecule has 0 saturated carbocycles. The van der Waals surface area contributed by atoms with Crippen molar-refractivity contribution in [3.63, 3.8) is 0 Å². The van der Waals surface area contributed by atoms with Crippen LogP contribution in [0.25, 0.3) is 0 Å². The molecule has 0 amide bonds. The van der Waals surface area contributed by atoms with E-state index in [1.54, 1.807) is 6.07 Å². The number of hydrogen-bond donors (Lipinski definition) is 1. The number of fused-ring (bicyclic) bond motifs is 1. The molecule has 1 aromatic carbocycles. The van der Waals surface area contributed by atoms with Gasteiger partial charge in [0, 0.05) is 16.7 Å². The zero-order valence-electron chi connectivity index (χ0n) is 9.55. The fraction of sp³-hybridized carbons (Fsp3) is 0.400. The summed E-state index contributed by atoms with van der Waals surface area (Å²) in [5.41, 5.74) is 1.76. The standard InChI is InChI=1S/C10H12ClNO4S2/c1-17(13,14)12-9-4-7-2-3-10(18(11,15)16)6-8(7)5-9/h2-3,6,9,12H,4-5H2,1H3/t9-/m0/s1. The molecule has 0 unspecified atom stereocenters. The first-order valence-electron chi connectivity index (χ1n) is 5.19. The third-order valence-electron chi connectivity index (χ3n) is 2.77. The highest BCUT2D eigenvalue weighted by Crippen LogP contribution is 2.26. The van der Waals surface area contributed by atoms with E-state index in [1.165, 1.54) is 12.1 Å². The van der Waals surface area contributed by atoms with Crippen molar-refractivity contribution in [3.05, 3.63) is 29.3 Å². The Bertz CT molecular complexity index is 682. The first kappa shape index (κ1) is 13.8. The van der Waals surface area contributed by atoms with Crippen molar-refractivity contribution < 1.29 is 16.8 Å². The van der Waals surface area contributed by atoms with E-state index in [4.69, 9.17) is 10.7 Å². The number of benzene rings is 1. The first-order valence-corrected chi connectivity index (χ1v) is 9.39. The van der Waals surface area contributed by atoms with Crippen LogP contribution in [-0.2, 0) is 31.9 Å². The van der Waals surface area contributed by atoms with Crippen molar-refractivity contribution in [2.24, 2.45) is 0 Å². The van der Waals surface area contributed by atoms with Gasteiger partial charge in [-0.05, 0) is 36.1 Å². The van der Waals surface area contributed by atoms with Crippen LogP contribution in [0.5, 0.6) is 0 Å². The molecule has 5 nitrogen and oxygen atoms in total. The van der Waals surface area contributed by atoms with Crippen molar-refractivity contribution in [2.75, 3.05) is 6.26 Å². The topological polar surface area (TPSA) is 80.3 Å². The molecule has 2 rings (SSSR count). The lowest BCUT2D eigenvalue weighted by molar-refractivity contribution is 0.561. The summed E-state index contributed by atoms with van der Waals surface area (Å²) in [5.74, 6) is 0. The molecule has 0 spiro atoms. The minimum absolute atomic E-state index is 0.0444. The molecule has 0 aliphatic heterocycles. The van der Waals surface area contributed by atoms with Gasteiger partial charge in [0.1, 0.15) is 0 Å². The zero-order chi connectivity index (χ0) is 13.6. The van der Waals surface area contributed by atoms with Gasteiger partial charge in [0.2, 0.25) is 10.0 Å². The quantitative estimate of drug-likeness (QED) is 0.831. The fourth-order valence-electron chi connectivity index (χ4n) is 2.13. The second-order valence-electron chi connectivity index (χ2n) is 4.36. The SMILES string of the molecule is CS(=O)(=O)N[C@H]1Cc2ccc(S(=O)(=O)Cl)cc2C1. The normalized spacial score (nSPS) is 19.8. The van der Waals surface area contributed by atoms with Crippen LogP contribution in [0.2, 0.25) is 0 Å². The third kappa shape index (κ3) is 3.23. The van der Waals surface area contributed by atoms with E-state index in [9.17, 15) is 16.8 Å². The van der Waals surface area contributed by atoms with E-state index < -0.39 is 19.1 Å². The number of sulfonamides is 1.